The van der Waals surface area contributed by atoms with E-state index in [0.717, 1.165) is 17.4 Å². The Kier molecular flexibility index (Phi) is 3.32. The van der Waals surface area contributed by atoms with Crippen LogP contribution in [0.1, 0.15) is 28.3 Å². The molecule has 0 saturated carbocycles. The van der Waals surface area contributed by atoms with Crippen molar-refractivity contribution in [2.45, 2.75) is 19.4 Å². The molecule has 3 heteroatoms. The van der Waals surface area contributed by atoms with Crippen molar-refractivity contribution < 1.29 is 0 Å². The number of aromatic nitrogens is 1. The van der Waals surface area contributed by atoms with Gasteiger partial charge < -0.3 is 5.73 Å². The lowest BCUT2D eigenvalue weighted by Gasteiger charge is -2.13. The Morgan fingerprint density at radius 3 is 2.89 bits per heavy atom. The molecule has 0 radical (unpaired) electrons. The number of hydrogen-bond donors (Lipinski definition) is 1. The van der Waals surface area contributed by atoms with Crippen molar-refractivity contribution in [1.82, 2.24) is 4.98 Å². The van der Waals surface area contributed by atoms with Gasteiger partial charge in [0.05, 0.1) is 6.04 Å². The number of fused-ring (bicyclic) bond motifs is 1. The van der Waals surface area contributed by atoms with Gasteiger partial charge in [0.2, 0.25) is 0 Å². The first-order valence-corrected chi connectivity index (χ1v) is 7.28. The van der Waals surface area contributed by atoms with Crippen LogP contribution in [0.15, 0.2) is 48.8 Å². The molecule has 96 valence electrons. The van der Waals surface area contributed by atoms with E-state index in [2.05, 4.69) is 42.2 Å². The van der Waals surface area contributed by atoms with Crippen molar-refractivity contribution in [1.29, 1.82) is 0 Å². The summed E-state index contributed by atoms with van der Waals surface area (Å²) in [6.07, 6.45) is 4.78. The molecule has 0 spiro atoms. The average Bonchev–Trinajstić information content (AvgIpc) is 2.95. The molecule has 0 aliphatic carbocycles. The first-order chi connectivity index (χ1) is 9.29. The van der Waals surface area contributed by atoms with E-state index in [-0.39, 0.29) is 6.04 Å². The summed E-state index contributed by atoms with van der Waals surface area (Å²) in [5.41, 5.74) is 7.58. The van der Waals surface area contributed by atoms with Crippen LogP contribution in [-0.4, -0.2) is 4.98 Å². The molecule has 0 aliphatic rings. The summed E-state index contributed by atoms with van der Waals surface area (Å²) >= 11 is 1.80. The van der Waals surface area contributed by atoms with E-state index in [4.69, 9.17) is 5.73 Å². The van der Waals surface area contributed by atoms with Crippen LogP contribution in [0, 0.1) is 0 Å². The zero-order chi connectivity index (χ0) is 13.2. The van der Waals surface area contributed by atoms with Crippen molar-refractivity contribution in [3.05, 3.63) is 64.1 Å². The predicted octanol–water partition coefficient (Wildman–Crippen LogP) is 3.91. The maximum Gasteiger partial charge on any atom is 0.0652 e. The average molecular weight is 268 g/mol. The molecule has 0 aliphatic heterocycles. The summed E-state index contributed by atoms with van der Waals surface area (Å²) in [5.74, 6) is 0. The highest BCUT2D eigenvalue weighted by molar-refractivity contribution is 7.12. The highest BCUT2D eigenvalue weighted by Crippen LogP contribution is 2.30. The van der Waals surface area contributed by atoms with Gasteiger partial charge in [-0.1, -0.05) is 25.1 Å². The van der Waals surface area contributed by atoms with E-state index in [1.807, 2.05) is 18.5 Å². The fourth-order valence-corrected chi connectivity index (χ4v) is 3.29. The third-order valence-electron chi connectivity index (χ3n) is 3.39. The minimum absolute atomic E-state index is 0.0711. The Bertz CT molecular complexity index is 697. The van der Waals surface area contributed by atoms with E-state index in [1.165, 1.54) is 15.1 Å². The van der Waals surface area contributed by atoms with Crippen molar-refractivity contribution in [2.24, 2.45) is 5.73 Å². The largest absolute Gasteiger partial charge is 0.320 e. The lowest BCUT2D eigenvalue weighted by molar-refractivity contribution is 0.903. The lowest BCUT2D eigenvalue weighted by Crippen LogP contribution is -2.10. The molecule has 2 N–H and O–H groups in total. The van der Waals surface area contributed by atoms with Gasteiger partial charge >= 0.3 is 0 Å². The third-order valence-corrected chi connectivity index (χ3v) is 4.70. The standard InChI is InChI=1S/C16H16N2S/c1-2-12-6-7-15(19-12)16(17)13-5-3-4-11-8-9-18-10-14(11)13/h3-10,16H,2,17H2,1H3. The molecule has 2 heterocycles. The summed E-state index contributed by atoms with van der Waals surface area (Å²) in [6, 6.07) is 12.5. The van der Waals surface area contributed by atoms with Crippen LogP contribution in [0.3, 0.4) is 0 Å². The van der Waals surface area contributed by atoms with Crippen molar-refractivity contribution in [3.63, 3.8) is 0 Å². The molecule has 1 aromatic carbocycles. The van der Waals surface area contributed by atoms with Crippen LogP contribution in [0.4, 0.5) is 0 Å². The minimum Gasteiger partial charge on any atom is -0.320 e. The maximum absolute atomic E-state index is 6.43. The molecule has 1 unspecified atom stereocenters. The van der Waals surface area contributed by atoms with E-state index in [9.17, 15) is 0 Å². The molecule has 3 aromatic rings. The smallest absolute Gasteiger partial charge is 0.0652 e. The SMILES string of the molecule is CCc1ccc(C(N)c2cccc3ccncc23)s1. The molecule has 2 aromatic heterocycles. The highest BCUT2D eigenvalue weighted by atomic mass is 32.1. The number of hydrogen-bond acceptors (Lipinski definition) is 3. The number of aryl methyl sites for hydroxylation is 1. The molecular formula is C16H16N2S. The lowest BCUT2D eigenvalue weighted by atomic mass is 10.00. The minimum atomic E-state index is -0.0711. The number of nitrogens with zero attached hydrogens (tertiary/aromatic N) is 1. The van der Waals surface area contributed by atoms with Gasteiger partial charge in [0.15, 0.2) is 0 Å². The van der Waals surface area contributed by atoms with Gasteiger partial charge in [0, 0.05) is 27.5 Å². The fraction of sp³-hybridized carbons (Fsp3) is 0.188. The molecule has 19 heavy (non-hydrogen) atoms. The van der Waals surface area contributed by atoms with Crippen molar-refractivity contribution >= 4 is 22.1 Å². The second kappa shape index (κ2) is 5.11. The molecule has 0 saturated heterocycles. The quantitative estimate of drug-likeness (QED) is 0.782. The van der Waals surface area contributed by atoms with Crippen LogP contribution in [0.2, 0.25) is 0 Å². The van der Waals surface area contributed by atoms with Gasteiger partial charge in [-0.3, -0.25) is 4.98 Å². The zero-order valence-corrected chi connectivity index (χ0v) is 11.7. The summed E-state index contributed by atoms with van der Waals surface area (Å²) in [6.45, 7) is 2.17. The number of pyridine rings is 1. The van der Waals surface area contributed by atoms with Gasteiger partial charge in [-0.25, -0.2) is 0 Å². The van der Waals surface area contributed by atoms with Crippen LogP contribution < -0.4 is 5.73 Å². The Labute approximate surface area is 116 Å². The Morgan fingerprint density at radius 1 is 1.21 bits per heavy atom. The van der Waals surface area contributed by atoms with Gasteiger partial charge in [0.25, 0.3) is 0 Å². The molecule has 0 bridgehead atoms. The maximum atomic E-state index is 6.43. The molecule has 0 amide bonds. The van der Waals surface area contributed by atoms with Crippen LogP contribution in [0.5, 0.6) is 0 Å². The van der Waals surface area contributed by atoms with E-state index < -0.39 is 0 Å². The summed E-state index contributed by atoms with van der Waals surface area (Å²) < 4.78 is 0. The first kappa shape index (κ1) is 12.3. The highest BCUT2D eigenvalue weighted by Gasteiger charge is 2.14. The normalized spacial score (nSPS) is 12.7. The van der Waals surface area contributed by atoms with Gasteiger partial charge in [-0.15, -0.1) is 11.3 Å². The Hall–Kier alpha value is -1.71. The number of rotatable bonds is 3. The van der Waals surface area contributed by atoms with E-state index in [0.29, 0.717) is 0 Å². The van der Waals surface area contributed by atoms with Crippen molar-refractivity contribution in [2.75, 3.05) is 0 Å². The fourth-order valence-electron chi connectivity index (χ4n) is 2.31. The topological polar surface area (TPSA) is 38.9 Å². The monoisotopic (exact) mass is 268 g/mol. The summed E-state index contributed by atoms with van der Waals surface area (Å²) in [5, 5.41) is 2.33. The molecule has 3 rings (SSSR count). The summed E-state index contributed by atoms with van der Waals surface area (Å²) in [4.78, 5) is 6.81. The second-order valence-corrected chi connectivity index (χ2v) is 5.78. The second-order valence-electron chi connectivity index (χ2n) is 4.58. The molecule has 2 nitrogen and oxygen atoms in total. The molecule has 0 fully saturated rings. The number of nitrogens with two attached hydrogens (primary N) is 1. The first-order valence-electron chi connectivity index (χ1n) is 6.46. The Morgan fingerprint density at radius 2 is 2.11 bits per heavy atom. The van der Waals surface area contributed by atoms with E-state index >= 15 is 0 Å². The molecular weight excluding hydrogens is 252 g/mol. The van der Waals surface area contributed by atoms with Crippen LogP contribution >= 0.6 is 11.3 Å². The number of thiophene rings is 1. The van der Waals surface area contributed by atoms with Crippen LogP contribution in [-0.2, 0) is 6.42 Å². The predicted molar refractivity (Wildman–Crippen MR) is 81.5 cm³/mol. The van der Waals surface area contributed by atoms with Gasteiger partial charge in [-0.2, -0.15) is 0 Å². The van der Waals surface area contributed by atoms with E-state index in [1.54, 1.807) is 11.3 Å². The van der Waals surface area contributed by atoms with Gasteiger partial charge in [-0.05, 0) is 35.6 Å². The Balaban J connectivity index is 2.08. The molecule has 1 atom stereocenters. The number of benzene rings is 1. The summed E-state index contributed by atoms with van der Waals surface area (Å²) in [7, 11) is 0. The zero-order valence-electron chi connectivity index (χ0n) is 10.8. The van der Waals surface area contributed by atoms with Crippen molar-refractivity contribution in [3.8, 4) is 0 Å². The van der Waals surface area contributed by atoms with Gasteiger partial charge in [0.1, 0.15) is 0 Å². The third kappa shape index (κ3) is 2.27. The van der Waals surface area contributed by atoms with Crippen LogP contribution in [0.25, 0.3) is 10.8 Å².